The number of hydrogen-bond donors (Lipinski definition) is 2. The summed E-state index contributed by atoms with van der Waals surface area (Å²) in [4.78, 5) is 16.8. The van der Waals surface area contributed by atoms with Crippen LogP contribution in [0.25, 0.3) is 0 Å². The summed E-state index contributed by atoms with van der Waals surface area (Å²) in [6.07, 6.45) is 6.83. The number of rotatable bonds is 5. The molecule has 0 aliphatic carbocycles. The molecule has 2 aromatic rings. The number of nitrogen functional groups attached to an aromatic ring is 1. The molecule has 0 unspecified atom stereocenters. The number of anilines is 2. The van der Waals surface area contributed by atoms with E-state index in [1.165, 1.54) is 6.33 Å². The van der Waals surface area contributed by atoms with Gasteiger partial charge in [0.15, 0.2) is 0 Å². The van der Waals surface area contributed by atoms with Crippen molar-refractivity contribution in [3.8, 4) is 0 Å². The van der Waals surface area contributed by atoms with Gasteiger partial charge in [0.1, 0.15) is 18.0 Å². The molecule has 0 aromatic carbocycles. The van der Waals surface area contributed by atoms with E-state index in [1.807, 2.05) is 6.92 Å². The van der Waals surface area contributed by atoms with E-state index in [4.69, 9.17) is 5.73 Å². The molecule has 2 heterocycles. The van der Waals surface area contributed by atoms with E-state index in [0.717, 1.165) is 35.6 Å². The van der Waals surface area contributed by atoms with Gasteiger partial charge in [-0.25, -0.2) is 9.97 Å². The highest BCUT2D eigenvalue weighted by Gasteiger charge is 2.08. The number of aromatic nitrogens is 4. The quantitative estimate of drug-likeness (QED) is 0.848. The van der Waals surface area contributed by atoms with E-state index < -0.39 is 0 Å². The van der Waals surface area contributed by atoms with Crippen molar-refractivity contribution < 1.29 is 0 Å². The second-order valence-electron chi connectivity index (χ2n) is 4.34. The van der Waals surface area contributed by atoms with E-state index in [0.29, 0.717) is 12.4 Å². The highest BCUT2D eigenvalue weighted by atomic mass is 15.0. The standard InChI is InChI=1S/C13H18N6/c1-3-4-11-12(14)18-8-19-13(11)17-7-10-6-15-9(2)5-16-10/h5-6,8H,3-4,7H2,1-2H3,(H3,14,17,18,19). The topological polar surface area (TPSA) is 89.6 Å². The highest BCUT2D eigenvalue weighted by Crippen LogP contribution is 2.19. The number of nitrogens with zero attached hydrogens (tertiary/aromatic N) is 4. The van der Waals surface area contributed by atoms with Crippen LogP contribution in [0, 0.1) is 6.92 Å². The van der Waals surface area contributed by atoms with E-state index in [9.17, 15) is 0 Å². The zero-order chi connectivity index (χ0) is 13.7. The van der Waals surface area contributed by atoms with E-state index in [-0.39, 0.29) is 0 Å². The van der Waals surface area contributed by atoms with Crippen molar-refractivity contribution in [2.45, 2.75) is 33.2 Å². The monoisotopic (exact) mass is 258 g/mol. The second-order valence-corrected chi connectivity index (χ2v) is 4.34. The zero-order valence-corrected chi connectivity index (χ0v) is 11.2. The molecule has 0 bridgehead atoms. The minimum atomic E-state index is 0.536. The molecular formula is C13H18N6. The molecule has 2 rings (SSSR count). The van der Waals surface area contributed by atoms with Crippen LogP contribution in [0.1, 0.15) is 30.3 Å². The molecule has 19 heavy (non-hydrogen) atoms. The average Bonchev–Trinajstić information content (AvgIpc) is 2.41. The third-order valence-electron chi connectivity index (χ3n) is 2.75. The van der Waals surface area contributed by atoms with Gasteiger partial charge >= 0.3 is 0 Å². The van der Waals surface area contributed by atoms with Crippen molar-refractivity contribution in [2.75, 3.05) is 11.1 Å². The first kappa shape index (κ1) is 13.2. The Balaban J connectivity index is 2.10. The Bertz CT molecular complexity index is 537. The molecule has 0 saturated heterocycles. The molecule has 2 aromatic heterocycles. The third kappa shape index (κ3) is 3.37. The van der Waals surface area contributed by atoms with Gasteiger partial charge in [-0.1, -0.05) is 13.3 Å². The number of nitrogens with two attached hydrogens (primary N) is 1. The Morgan fingerprint density at radius 1 is 1.16 bits per heavy atom. The van der Waals surface area contributed by atoms with E-state index in [1.54, 1.807) is 12.4 Å². The maximum absolute atomic E-state index is 5.88. The van der Waals surface area contributed by atoms with Crippen LogP contribution >= 0.6 is 0 Å². The molecule has 0 amide bonds. The van der Waals surface area contributed by atoms with Gasteiger partial charge in [0.25, 0.3) is 0 Å². The van der Waals surface area contributed by atoms with Crippen molar-refractivity contribution >= 4 is 11.6 Å². The van der Waals surface area contributed by atoms with Gasteiger partial charge in [-0.05, 0) is 13.3 Å². The summed E-state index contributed by atoms with van der Waals surface area (Å²) in [5.74, 6) is 1.31. The summed E-state index contributed by atoms with van der Waals surface area (Å²) in [5, 5.41) is 3.24. The molecule has 0 atom stereocenters. The molecule has 6 nitrogen and oxygen atoms in total. The first-order valence-electron chi connectivity index (χ1n) is 6.31. The third-order valence-corrected chi connectivity index (χ3v) is 2.75. The largest absolute Gasteiger partial charge is 0.383 e. The molecule has 0 aliphatic rings. The van der Waals surface area contributed by atoms with E-state index >= 15 is 0 Å². The lowest BCUT2D eigenvalue weighted by molar-refractivity contribution is 0.896. The fraction of sp³-hybridized carbons (Fsp3) is 0.385. The first-order chi connectivity index (χ1) is 9.20. The van der Waals surface area contributed by atoms with Gasteiger partial charge in [-0.15, -0.1) is 0 Å². The Kier molecular flexibility index (Phi) is 4.22. The van der Waals surface area contributed by atoms with Crippen LogP contribution in [0.4, 0.5) is 11.6 Å². The van der Waals surface area contributed by atoms with E-state index in [2.05, 4.69) is 32.2 Å². The predicted molar refractivity (Wildman–Crippen MR) is 74.5 cm³/mol. The minimum absolute atomic E-state index is 0.536. The molecule has 0 fully saturated rings. The van der Waals surface area contributed by atoms with Gasteiger partial charge in [0.2, 0.25) is 0 Å². The molecule has 0 spiro atoms. The summed E-state index contributed by atoms with van der Waals surface area (Å²) in [5.41, 5.74) is 8.61. The van der Waals surface area contributed by atoms with Crippen LogP contribution in [0.5, 0.6) is 0 Å². The Morgan fingerprint density at radius 2 is 2.00 bits per heavy atom. The molecule has 6 heteroatoms. The Labute approximate surface area is 112 Å². The lowest BCUT2D eigenvalue weighted by atomic mass is 10.1. The predicted octanol–water partition coefficient (Wildman–Crippen LogP) is 1.72. The summed E-state index contributed by atoms with van der Waals surface area (Å²) in [6.45, 7) is 4.58. The van der Waals surface area contributed by atoms with Crippen LogP contribution in [0.2, 0.25) is 0 Å². The lowest BCUT2D eigenvalue weighted by Crippen LogP contribution is -2.09. The molecule has 0 radical (unpaired) electrons. The summed E-state index contributed by atoms with van der Waals surface area (Å²) < 4.78 is 0. The van der Waals surface area contributed by atoms with Gasteiger partial charge in [-0.2, -0.15) is 0 Å². The van der Waals surface area contributed by atoms with Gasteiger partial charge in [0.05, 0.1) is 24.1 Å². The van der Waals surface area contributed by atoms with Crippen molar-refractivity contribution in [2.24, 2.45) is 0 Å². The fourth-order valence-corrected chi connectivity index (χ4v) is 1.76. The van der Waals surface area contributed by atoms with Crippen molar-refractivity contribution in [3.63, 3.8) is 0 Å². The maximum atomic E-state index is 5.88. The van der Waals surface area contributed by atoms with Gasteiger partial charge < -0.3 is 11.1 Å². The number of hydrogen-bond acceptors (Lipinski definition) is 6. The molecular weight excluding hydrogens is 240 g/mol. The molecule has 0 aliphatic heterocycles. The lowest BCUT2D eigenvalue weighted by Gasteiger charge is -2.11. The SMILES string of the molecule is CCCc1c(N)ncnc1NCc1cnc(C)cn1. The smallest absolute Gasteiger partial charge is 0.135 e. The van der Waals surface area contributed by atoms with Crippen molar-refractivity contribution in [1.29, 1.82) is 0 Å². The van der Waals surface area contributed by atoms with Crippen LogP contribution in [0.15, 0.2) is 18.7 Å². The fourth-order valence-electron chi connectivity index (χ4n) is 1.76. The number of nitrogens with one attached hydrogen (secondary N) is 1. The van der Waals surface area contributed by atoms with Crippen LogP contribution in [0.3, 0.4) is 0 Å². The Morgan fingerprint density at radius 3 is 2.68 bits per heavy atom. The normalized spacial score (nSPS) is 10.4. The van der Waals surface area contributed by atoms with Crippen LogP contribution in [-0.4, -0.2) is 19.9 Å². The molecule has 0 saturated carbocycles. The van der Waals surface area contributed by atoms with Crippen LogP contribution in [-0.2, 0) is 13.0 Å². The second kappa shape index (κ2) is 6.08. The summed E-state index contributed by atoms with van der Waals surface area (Å²) in [7, 11) is 0. The van der Waals surface area contributed by atoms with Gasteiger partial charge in [-0.3, -0.25) is 9.97 Å². The highest BCUT2D eigenvalue weighted by molar-refractivity contribution is 5.55. The maximum Gasteiger partial charge on any atom is 0.135 e. The Hall–Kier alpha value is -2.24. The average molecular weight is 258 g/mol. The minimum Gasteiger partial charge on any atom is -0.383 e. The summed E-state index contributed by atoms with van der Waals surface area (Å²) >= 11 is 0. The molecule has 100 valence electrons. The van der Waals surface area contributed by atoms with Crippen LogP contribution < -0.4 is 11.1 Å². The summed E-state index contributed by atoms with van der Waals surface area (Å²) in [6, 6.07) is 0. The number of aryl methyl sites for hydroxylation is 1. The first-order valence-corrected chi connectivity index (χ1v) is 6.31. The van der Waals surface area contributed by atoms with Gasteiger partial charge in [0, 0.05) is 11.8 Å². The zero-order valence-electron chi connectivity index (χ0n) is 11.2. The van der Waals surface area contributed by atoms with Crippen molar-refractivity contribution in [1.82, 2.24) is 19.9 Å². The molecule has 3 N–H and O–H groups in total. The van der Waals surface area contributed by atoms with Crippen molar-refractivity contribution in [3.05, 3.63) is 35.7 Å².